The highest BCUT2D eigenvalue weighted by atomic mass is 16.2. The van der Waals surface area contributed by atoms with Crippen LogP contribution in [0.25, 0.3) is 0 Å². The molecule has 4 heteroatoms. The molecule has 0 aromatic heterocycles. The van der Waals surface area contributed by atoms with Crippen molar-refractivity contribution in [3.8, 4) is 0 Å². The molecule has 0 bridgehead atoms. The van der Waals surface area contributed by atoms with Crippen molar-refractivity contribution in [2.45, 2.75) is 24.9 Å². The van der Waals surface area contributed by atoms with Crippen molar-refractivity contribution in [2.75, 3.05) is 26.7 Å². The molecule has 74 valence electrons. The Morgan fingerprint density at radius 1 is 1.38 bits per heavy atom. The first kappa shape index (κ1) is 8.97. The number of nitrogens with two attached hydrogens (primary N) is 1. The number of likely N-dealkylation sites (N-methyl/N-ethyl adjacent to an activating group) is 1. The molecule has 1 amide bonds. The molecular weight excluding hydrogens is 166 g/mol. The van der Waals surface area contributed by atoms with Crippen molar-refractivity contribution < 1.29 is 4.79 Å². The van der Waals surface area contributed by atoms with E-state index in [-0.39, 0.29) is 18.0 Å². The molecule has 0 aliphatic carbocycles. The highest BCUT2D eigenvalue weighted by molar-refractivity contribution is 5.83. The SMILES string of the molecule is CN1CC[C@H](N2CC[C@H](N)C2)C1=O. The first-order chi connectivity index (χ1) is 6.18. The summed E-state index contributed by atoms with van der Waals surface area (Å²) in [4.78, 5) is 15.7. The largest absolute Gasteiger partial charge is 0.344 e. The predicted molar refractivity (Wildman–Crippen MR) is 50.2 cm³/mol. The van der Waals surface area contributed by atoms with Gasteiger partial charge in [0.2, 0.25) is 5.91 Å². The standard InChI is InChI=1S/C9H17N3O/c1-11-4-3-8(9(11)13)12-5-2-7(10)6-12/h7-8H,2-6,10H2,1H3/t7-,8-/m0/s1. The highest BCUT2D eigenvalue weighted by Gasteiger charge is 2.36. The summed E-state index contributed by atoms with van der Waals surface area (Å²) in [5.41, 5.74) is 5.81. The van der Waals surface area contributed by atoms with Gasteiger partial charge in [-0.15, -0.1) is 0 Å². The van der Waals surface area contributed by atoms with Gasteiger partial charge in [0.15, 0.2) is 0 Å². The summed E-state index contributed by atoms with van der Waals surface area (Å²) < 4.78 is 0. The minimum Gasteiger partial charge on any atom is -0.344 e. The summed E-state index contributed by atoms with van der Waals surface area (Å²) in [5, 5.41) is 0. The van der Waals surface area contributed by atoms with Gasteiger partial charge < -0.3 is 10.6 Å². The third kappa shape index (κ3) is 1.56. The van der Waals surface area contributed by atoms with Crippen molar-refractivity contribution >= 4 is 5.91 Å². The Bertz CT molecular complexity index is 219. The van der Waals surface area contributed by atoms with Gasteiger partial charge in [0.25, 0.3) is 0 Å². The molecule has 2 rings (SSSR count). The van der Waals surface area contributed by atoms with Crippen LogP contribution < -0.4 is 5.73 Å². The molecule has 2 saturated heterocycles. The monoisotopic (exact) mass is 183 g/mol. The lowest BCUT2D eigenvalue weighted by atomic mass is 10.2. The van der Waals surface area contributed by atoms with Crippen molar-refractivity contribution in [1.29, 1.82) is 0 Å². The number of nitrogens with zero attached hydrogens (tertiary/aromatic N) is 2. The normalized spacial score (nSPS) is 36.2. The third-order valence-corrected chi connectivity index (χ3v) is 3.10. The zero-order valence-electron chi connectivity index (χ0n) is 8.07. The number of rotatable bonds is 1. The maximum absolute atomic E-state index is 11.6. The van der Waals surface area contributed by atoms with Crippen LogP contribution in [0.2, 0.25) is 0 Å². The van der Waals surface area contributed by atoms with Gasteiger partial charge in [0, 0.05) is 32.7 Å². The van der Waals surface area contributed by atoms with Crippen LogP contribution >= 0.6 is 0 Å². The Morgan fingerprint density at radius 3 is 2.62 bits per heavy atom. The van der Waals surface area contributed by atoms with Gasteiger partial charge in [-0.05, 0) is 12.8 Å². The van der Waals surface area contributed by atoms with Gasteiger partial charge in [-0.3, -0.25) is 9.69 Å². The number of carbonyl (C=O) groups excluding carboxylic acids is 1. The zero-order valence-corrected chi connectivity index (χ0v) is 8.07. The molecule has 2 atom stereocenters. The summed E-state index contributed by atoms with van der Waals surface area (Å²) in [7, 11) is 1.87. The quantitative estimate of drug-likeness (QED) is 0.582. The molecule has 0 unspecified atom stereocenters. The summed E-state index contributed by atoms with van der Waals surface area (Å²) in [5.74, 6) is 0.272. The Balaban J connectivity index is 1.98. The molecule has 2 N–H and O–H groups in total. The lowest BCUT2D eigenvalue weighted by molar-refractivity contribution is -0.130. The fourth-order valence-corrected chi connectivity index (χ4v) is 2.24. The second kappa shape index (κ2) is 3.27. The van der Waals surface area contributed by atoms with E-state index in [9.17, 15) is 4.79 Å². The summed E-state index contributed by atoms with van der Waals surface area (Å²) in [6.07, 6.45) is 2.01. The summed E-state index contributed by atoms with van der Waals surface area (Å²) in [6, 6.07) is 0.400. The van der Waals surface area contributed by atoms with E-state index in [2.05, 4.69) is 4.90 Å². The molecule has 0 saturated carbocycles. The second-order valence-electron chi connectivity index (χ2n) is 4.11. The van der Waals surface area contributed by atoms with Crippen LogP contribution in [0, 0.1) is 0 Å². The lowest BCUT2D eigenvalue weighted by Gasteiger charge is -2.21. The van der Waals surface area contributed by atoms with E-state index < -0.39 is 0 Å². The molecule has 2 aliphatic rings. The maximum Gasteiger partial charge on any atom is 0.239 e. The number of likely N-dealkylation sites (tertiary alicyclic amines) is 2. The van der Waals surface area contributed by atoms with Gasteiger partial charge >= 0.3 is 0 Å². The molecular formula is C9H17N3O. The Morgan fingerprint density at radius 2 is 2.15 bits per heavy atom. The zero-order chi connectivity index (χ0) is 9.42. The lowest BCUT2D eigenvalue weighted by Crippen LogP contribution is -2.40. The molecule has 2 aliphatic heterocycles. The van der Waals surface area contributed by atoms with Gasteiger partial charge in [-0.25, -0.2) is 0 Å². The van der Waals surface area contributed by atoms with Gasteiger partial charge in [-0.1, -0.05) is 0 Å². The van der Waals surface area contributed by atoms with Crippen LogP contribution in [0.15, 0.2) is 0 Å². The van der Waals surface area contributed by atoms with Crippen molar-refractivity contribution in [3.05, 3.63) is 0 Å². The smallest absolute Gasteiger partial charge is 0.239 e. The van der Waals surface area contributed by atoms with Crippen molar-refractivity contribution in [3.63, 3.8) is 0 Å². The van der Waals surface area contributed by atoms with Crippen LogP contribution in [-0.4, -0.2) is 54.5 Å². The van der Waals surface area contributed by atoms with Crippen LogP contribution in [0.1, 0.15) is 12.8 Å². The van der Waals surface area contributed by atoms with Crippen LogP contribution in [0.3, 0.4) is 0 Å². The molecule has 0 aromatic carbocycles. The van der Waals surface area contributed by atoms with Crippen LogP contribution in [0.5, 0.6) is 0 Å². The molecule has 2 heterocycles. The van der Waals surface area contributed by atoms with E-state index in [0.717, 1.165) is 32.5 Å². The van der Waals surface area contributed by atoms with E-state index in [1.165, 1.54) is 0 Å². The molecule has 4 nitrogen and oxygen atoms in total. The predicted octanol–water partition coefficient (Wildman–Crippen LogP) is -0.750. The van der Waals surface area contributed by atoms with Gasteiger partial charge in [0.05, 0.1) is 6.04 Å². The number of hydrogen-bond donors (Lipinski definition) is 1. The minimum absolute atomic E-state index is 0.124. The van der Waals surface area contributed by atoms with Crippen LogP contribution in [-0.2, 0) is 4.79 Å². The highest BCUT2D eigenvalue weighted by Crippen LogP contribution is 2.19. The average Bonchev–Trinajstić information content (AvgIpc) is 2.62. The Hall–Kier alpha value is -0.610. The number of carbonyl (C=O) groups is 1. The number of amides is 1. The second-order valence-corrected chi connectivity index (χ2v) is 4.11. The van der Waals surface area contributed by atoms with E-state index >= 15 is 0 Å². The molecule has 13 heavy (non-hydrogen) atoms. The Labute approximate surface area is 78.7 Å². The Kier molecular flexibility index (Phi) is 2.26. The molecule has 0 spiro atoms. The van der Waals surface area contributed by atoms with E-state index in [1.54, 1.807) is 0 Å². The maximum atomic E-state index is 11.6. The topological polar surface area (TPSA) is 49.6 Å². The fraction of sp³-hybridized carbons (Fsp3) is 0.889. The molecule has 0 radical (unpaired) electrons. The first-order valence-corrected chi connectivity index (χ1v) is 4.93. The van der Waals surface area contributed by atoms with Gasteiger partial charge in [-0.2, -0.15) is 0 Å². The van der Waals surface area contributed by atoms with E-state index in [0.29, 0.717) is 0 Å². The first-order valence-electron chi connectivity index (χ1n) is 4.93. The summed E-state index contributed by atoms with van der Waals surface area (Å²) >= 11 is 0. The van der Waals surface area contributed by atoms with Crippen molar-refractivity contribution in [2.24, 2.45) is 5.73 Å². The van der Waals surface area contributed by atoms with Crippen molar-refractivity contribution in [1.82, 2.24) is 9.80 Å². The summed E-state index contributed by atoms with van der Waals surface area (Å²) in [6.45, 7) is 2.78. The average molecular weight is 183 g/mol. The molecule has 2 fully saturated rings. The third-order valence-electron chi connectivity index (χ3n) is 3.10. The number of hydrogen-bond acceptors (Lipinski definition) is 3. The van der Waals surface area contributed by atoms with E-state index in [1.807, 2.05) is 11.9 Å². The van der Waals surface area contributed by atoms with E-state index in [4.69, 9.17) is 5.73 Å². The van der Waals surface area contributed by atoms with Gasteiger partial charge in [0.1, 0.15) is 0 Å². The minimum atomic E-state index is 0.124. The molecule has 0 aromatic rings. The van der Waals surface area contributed by atoms with Crippen LogP contribution in [0.4, 0.5) is 0 Å². The fourth-order valence-electron chi connectivity index (χ4n) is 2.24.